The molecule has 3 heteroatoms. The maximum absolute atomic E-state index is 4.79. The van der Waals surface area contributed by atoms with Gasteiger partial charge in [0.1, 0.15) is 5.65 Å². The Hall–Kier alpha value is -1.35. The average molecular weight is 215 g/mol. The number of aryl methyl sites for hydroxylation is 1. The van der Waals surface area contributed by atoms with E-state index in [0.29, 0.717) is 0 Å². The van der Waals surface area contributed by atoms with Gasteiger partial charge in [0.25, 0.3) is 0 Å². The van der Waals surface area contributed by atoms with E-state index >= 15 is 0 Å². The van der Waals surface area contributed by atoms with Gasteiger partial charge in [-0.1, -0.05) is 19.4 Å². The zero-order valence-corrected chi connectivity index (χ0v) is 9.66. The van der Waals surface area contributed by atoms with E-state index in [-0.39, 0.29) is 0 Å². The van der Waals surface area contributed by atoms with Gasteiger partial charge in [0.15, 0.2) is 0 Å². The summed E-state index contributed by atoms with van der Waals surface area (Å²) >= 11 is 0. The highest BCUT2D eigenvalue weighted by atomic mass is 15.1. The lowest BCUT2D eigenvalue weighted by molar-refractivity contribution is 0.621. The summed E-state index contributed by atoms with van der Waals surface area (Å²) in [6.07, 6.45) is 5.49. The Bertz CT molecular complexity index is 513. The second kappa shape index (κ2) is 3.91. The van der Waals surface area contributed by atoms with Crippen LogP contribution in [0.15, 0.2) is 18.3 Å². The van der Waals surface area contributed by atoms with Crippen molar-refractivity contribution in [2.24, 2.45) is 0 Å². The Morgan fingerprint density at radius 1 is 1.50 bits per heavy atom. The maximum atomic E-state index is 4.79. The second-order valence-corrected chi connectivity index (χ2v) is 4.41. The third-order valence-corrected chi connectivity index (χ3v) is 3.26. The van der Waals surface area contributed by atoms with Gasteiger partial charge >= 0.3 is 0 Å². The smallest absolute Gasteiger partial charge is 0.140 e. The van der Waals surface area contributed by atoms with Crippen molar-refractivity contribution in [3.8, 4) is 0 Å². The zero-order valence-electron chi connectivity index (χ0n) is 9.66. The third-order valence-electron chi connectivity index (χ3n) is 3.26. The summed E-state index contributed by atoms with van der Waals surface area (Å²) in [5.41, 5.74) is 5.17. The van der Waals surface area contributed by atoms with Crippen molar-refractivity contribution in [3.63, 3.8) is 0 Å². The van der Waals surface area contributed by atoms with Gasteiger partial charge in [0.2, 0.25) is 0 Å². The van der Waals surface area contributed by atoms with E-state index in [4.69, 9.17) is 4.98 Å². The maximum Gasteiger partial charge on any atom is 0.140 e. The molecule has 3 heterocycles. The fourth-order valence-corrected chi connectivity index (χ4v) is 2.49. The molecule has 3 rings (SSSR count). The van der Waals surface area contributed by atoms with Gasteiger partial charge in [-0.3, -0.25) is 0 Å². The lowest BCUT2D eigenvalue weighted by atomic mass is 10.1. The second-order valence-electron chi connectivity index (χ2n) is 4.41. The van der Waals surface area contributed by atoms with Gasteiger partial charge in [-0.15, -0.1) is 0 Å². The van der Waals surface area contributed by atoms with Crippen molar-refractivity contribution in [2.45, 2.75) is 32.7 Å². The summed E-state index contributed by atoms with van der Waals surface area (Å²) in [6, 6.07) is 4.33. The Morgan fingerprint density at radius 3 is 3.31 bits per heavy atom. The van der Waals surface area contributed by atoms with Crippen molar-refractivity contribution < 1.29 is 0 Å². The molecule has 0 amide bonds. The number of hydrogen-bond acceptors (Lipinski definition) is 2. The predicted octanol–water partition coefficient (Wildman–Crippen LogP) is 1.93. The highest BCUT2D eigenvalue weighted by Gasteiger charge is 2.16. The summed E-state index contributed by atoms with van der Waals surface area (Å²) in [4.78, 5) is 4.79. The molecule has 3 nitrogen and oxygen atoms in total. The highest BCUT2D eigenvalue weighted by molar-refractivity contribution is 5.51. The van der Waals surface area contributed by atoms with Gasteiger partial charge in [0, 0.05) is 25.7 Å². The van der Waals surface area contributed by atoms with Crippen LogP contribution in [0.3, 0.4) is 0 Å². The quantitative estimate of drug-likeness (QED) is 0.829. The number of imidazole rings is 1. The third kappa shape index (κ3) is 1.43. The largest absolute Gasteiger partial charge is 0.311 e. The number of nitrogens with one attached hydrogen (secondary N) is 1. The monoisotopic (exact) mass is 215 g/mol. The molecule has 1 aliphatic rings. The van der Waals surface area contributed by atoms with Crippen LogP contribution in [0, 0.1) is 0 Å². The molecule has 0 fully saturated rings. The van der Waals surface area contributed by atoms with Crippen LogP contribution in [-0.2, 0) is 19.4 Å². The van der Waals surface area contributed by atoms with Gasteiger partial charge in [-0.05, 0) is 18.1 Å². The Morgan fingerprint density at radius 2 is 2.44 bits per heavy atom. The standard InChI is InChI=1S/C13H17N3/c1-2-4-10-5-3-8-16-12-9-14-7-6-11(12)15-13(10)16/h3,5,8,14H,2,4,6-7,9H2,1H3. The van der Waals surface area contributed by atoms with Crippen LogP contribution in [0.5, 0.6) is 0 Å². The molecule has 1 N–H and O–H groups in total. The first kappa shape index (κ1) is 9.85. The van der Waals surface area contributed by atoms with E-state index in [1.165, 1.54) is 23.4 Å². The van der Waals surface area contributed by atoms with Crippen LogP contribution < -0.4 is 5.32 Å². The van der Waals surface area contributed by atoms with Crippen LogP contribution in [0.1, 0.15) is 30.3 Å². The minimum absolute atomic E-state index is 0.950. The van der Waals surface area contributed by atoms with Crippen LogP contribution in [0.4, 0.5) is 0 Å². The van der Waals surface area contributed by atoms with Crippen LogP contribution in [-0.4, -0.2) is 15.9 Å². The molecular weight excluding hydrogens is 198 g/mol. The topological polar surface area (TPSA) is 29.3 Å². The number of pyridine rings is 1. The Labute approximate surface area is 95.5 Å². The van der Waals surface area contributed by atoms with E-state index in [1.807, 2.05) is 0 Å². The van der Waals surface area contributed by atoms with Gasteiger partial charge in [-0.25, -0.2) is 4.98 Å². The molecule has 0 aliphatic carbocycles. The molecule has 0 spiro atoms. The van der Waals surface area contributed by atoms with Gasteiger partial charge in [0.05, 0.1) is 11.4 Å². The number of aromatic nitrogens is 2. The van der Waals surface area contributed by atoms with E-state index in [9.17, 15) is 0 Å². The van der Waals surface area contributed by atoms with Crippen LogP contribution in [0.2, 0.25) is 0 Å². The molecule has 84 valence electrons. The molecule has 2 aromatic rings. The first-order valence-corrected chi connectivity index (χ1v) is 6.08. The average Bonchev–Trinajstić information content (AvgIpc) is 2.69. The van der Waals surface area contributed by atoms with Crippen molar-refractivity contribution >= 4 is 5.65 Å². The zero-order chi connectivity index (χ0) is 11.0. The number of hydrogen-bond donors (Lipinski definition) is 1. The van der Waals surface area contributed by atoms with E-state index in [1.54, 1.807) is 0 Å². The molecule has 0 unspecified atom stereocenters. The lowest BCUT2D eigenvalue weighted by Gasteiger charge is -2.12. The SMILES string of the molecule is CCCc1cccn2c3c(nc12)CCNC3. The first-order valence-electron chi connectivity index (χ1n) is 6.08. The lowest BCUT2D eigenvalue weighted by Crippen LogP contribution is -2.24. The molecule has 1 aliphatic heterocycles. The normalized spacial score (nSPS) is 15.3. The fraction of sp³-hybridized carbons (Fsp3) is 0.462. The molecule has 0 bridgehead atoms. The first-order chi connectivity index (χ1) is 7.90. The van der Waals surface area contributed by atoms with Crippen LogP contribution in [0.25, 0.3) is 5.65 Å². The minimum Gasteiger partial charge on any atom is -0.311 e. The van der Waals surface area contributed by atoms with E-state index in [2.05, 4.69) is 35.0 Å². The number of rotatable bonds is 2. The minimum atomic E-state index is 0.950. The molecule has 0 atom stereocenters. The number of fused-ring (bicyclic) bond motifs is 3. The van der Waals surface area contributed by atoms with Crippen LogP contribution >= 0.6 is 0 Å². The molecule has 2 aromatic heterocycles. The van der Waals surface area contributed by atoms with Crippen molar-refractivity contribution in [1.29, 1.82) is 0 Å². The Kier molecular flexibility index (Phi) is 2.40. The fourth-order valence-electron chi connectivity index (χ4n) is 2.49. The van der Waals surface area contributed by atoms with Crippen molar-refractivity contribution in [3.05, 3.63) is 35.3 Å². The molecule has 0 saturated carbocycles. The Balaban J connectivity index is 2.21. The number of nitrogens with zero attached hydrogens (tertiary/aromatic N) is 2. The predicted molar refractivity (Wildman–Crippen MR) is 64.6 cm³/mol. The van der Waals surface area contributed by atoms with Gasteiger partial charge < -0.3 is 9.72 Å². The van der Waals surface area contributed by atoms with E-state index < -0.39 is 0 Å². The molecule has 0 aromatic carbocycles. The highest BCUT2D eigenvalue weighted by Crippen LogP contribution is 2.19. The van der Waals surface area contributed by atoms with Crippen molar-refractivity contribution in [2.75, 3.05) is 6.54 Å². The molecular formula is C13H17N3. The van der Waals surface area contributed by atoms with Gasteiger partial charge in [-0.2, -0.15) is 0 Å². The summed E-state index contributed by atoms with van der Waals surface area (Å²) in [5, 5.41) is 3.41. The summed E-state index contributed by atoms with van der Waals surface area (Å²) in [7, 11) is 0. The molecule has 16 heavy (non-hydrogen) atoms. The van der Waals surface area contributed by atoms with E-state index in [0.717, 1.165) is 31.6 Å². The summed E-state index contributed by atoms with van der Waals surface area (Å²) in [6.45, 7) is 4.22. The molecule has 0 radical (unpaired) electrons. The summed E-state index contributed by atoms with van der Waals surface area (Å²) < 4.78 is 2.26. The summed E-state index contributed by atoms with van der Waals surface area (Å²) in [5.74, 6) is 0. The molecule has 0 saturated heterocycles. The van der Waals surface area contributed by atoms with Crippen molar-refractivity contribution in [1.82, 2.24) is 14.7 Å².